The lowest BCUT2D eigenvalue weighted by Gasteiger charge is -2.23. The van der Waals surface area contributed by atoms with Gasteiger partial charge in [-0.15, -0.1) is 12.4 Å². The number of hydrogen-bond donors (Lipinski definition) is 2. The van der Waals surface area contributed by atoms with Crippen molar-refractivity contribution in [2.45, 2.75) is 38.8 Å². The number of carbonyl (C=O) groups excluding carboxylic acids is 1. The summed E-state index contributed by atoms with van der Waals surface area (Å²) in [5, 5.41) is 6.09. The van der Waals surface area contributed by atoms with Crippen LogP contribution in [-0.4, -0.2) is 31.3 Å². The summed E-state index contributed by atoms with van der Waals surface area (Å²) >= 11 is 0. The Bertz CT molecular complexity index is 170. The summed E-state index contributed by atoms with van der Waals surface area (Å²) in [5.41, 5.74) is 0. The number of nitrogens with one attached hydrogen (secondary N) is 2. The average Bonchev–Trinajstić information content (AvgIpc) is 2.04. The Hall–Kier alpha value is -0.480. The van der Waals surface area contributed by atoms with Gasteiger partial charge >= 0.3 is 6.09 Å². The van der Waals surface area contributed by atoms with Gasteiger partial charge < -0.3 is 15.4 Å². The topological polar surface area (TPSA) is 50.4 Å². The SMILES string of the molecule is CC(C)OC(=O)NC1CCNCC1.Cl. The molecule has 0 aliphatic carbocycles. The van der Waals surface area contributed by atoms with Crippen molar-refractivity contribution in [1.29, 1.82) is 0 Å². The third kappa shape index (κ3) is 5.29. The zero-order valence-electron chi connectivity index (χ0n) is 8.71. The van der Waals surface area contributed by atoms with Crippen molar-refractivity contribution in [3.63, 3.8) is 0 Å². The highest BCUT2D eigenvalue weighted by molar-refractivity contribution is 5.85. The van der Waals surface area contributed by atoms with E-state index in [2.05, 4.69) is 10.6 Å². The molecule has 1 rings (SSSR count). The van der Waals surface area contributed by atoms with E-state index >= 15 is 0 Å². The molecule has 0 radical (unpaired) electrons. The van der Waals surface area contributed by atoms with Crippen LogP contribution in [0.5, 0.6) is 0 Å². The second kappa shape index (κ2) is 6.90. The highest BCUT2D eigenvalue weighted by Gasteiger charge is 2.16. The van der Waals surface area contributed by atoms with Crippen LogP contribution in [0.3, 0.4) is 0 Å². The molecule has 0 saturated carbocycles. The van der Waals surface area contributed by atoms with Crippen LogP contribution >= 0.6 is 12.4 Å². The van der Waals surface area contributed by atoms with Gasteiger partial charge in [-0.05, 0) is 39.8 Å². The van der Waals surface area contributed by atoms with Crippen molar-refractivity contribution in [2.75, 3.05) is 13.1 Å². The van der Waals surface area contributed by atoms with Crippen molar-refractivity contribution < 1.29 is 9.53 Å². The van der Waals surface area contributed by atoms with Crippen LogP contribution in [0.25, 0.3) is 0 Å². The third-order valence-corrected chi connectivity index (χ3v) is 2.00. The van der Waals surface area contributed by atoms with Gasteiger partial charge in [-0.3, -0.25) is 0 Å². The lowest BCUT2D eigenvalue weighted by Crippen LogP contribution is -2.43. The van der Waals surface area contributed by atoms with Gasteiger partial charge in [0.25, 0.3) is 0 Å². The first-order valence-corrected chi connectivity index (χ1v) is 4.86. The number of alkyl carbamates (subject to hydrolysis) is 1. The number of piperidine rings is 1. The van der Waals surface area contributed by atoms with E-state index < -0.39 is 0 Å². The molecule has 4 nitrogen and oxygen atoms in total. The van der Waals surface area contributed by atoms with Crippen molar-refractivity contribution >= 4 is 18.5 Å². The van der Waals surface area contributed by atoms with Crippen molar-refractivity contribution in [1.82, 2.24) is 10.6 Å². The molecule has 0 aromatic carbocycles. The summed E-state index contributed by atoms with van der Waals surface area (Å²) in [4.78, 5) is 11.2. The van der Waals surface area contributed by atoms with Gasteiger partial charge in [-0.2, -0.15) is 0 Å². The molecule has 1 aliphatic heterocycles. The minimum atomic E-state index is -0.290. The smallest absolute Gasteiger partial charge is 0.407 e. The Morgan fingerprint density at radius 1 is 1.43 bits per heavy atom. The molecule has 0 aromatic heterocycles. The summed E-state index contributed by atoms with van der Waals surface area (Å²) in [7, 11) is 0. The Morgan fingerprint density at radius 2 is 2.00 bits per heavy atom. The second-order valence-electron chi connectivity index (χ2n) is 3.62. The van der Waals surface area contributed by atoms with E-state index in [-0.39, 0.29) is 30.6 Å². The molecule has 1 heterocycles. The molecule has 84 valence electrons. The summed E-state index contributed by atoms with van der Waals surface area (Å²) in [6, 6.07) is 0.285. The maximum Gasteiger partial charge on any atom is 0.407 e. The van der Waals surface area contributed by atoms with Gasteiger partial charge in [0, 0.05) is 6.04 Å². The lowest BCUT2D eigenvalue weighted by atomic mass is 10.1. The van der Waals surface area contributed by atoms with Crippen LogP contribution in [0.2, 0.25) is 0 Å². The number of amides is 1. The third-order valence-electron chi connectivity index (χ3n) is 2.00. The van der Waals surface area contributed by atoms with Crippen LogP contribution in [0.1, 0.15) is 26.7 Å². The molecule has 0 bridgehead atoms. The number of rotatable bonds is 2. The summed E-state index contributed by atoms with van der Waals surface area (Å²) in [5.74, 6) is 0. The lowest BCUT2D eigenvalue weighted by molar-refractivity contribution is 0.110. The first-order valence-electron chi connectivity index (χ1n) is 4.86. The minimum Gasteiger partial charge on any atom is -0.447 e. The van der Waals surface area contributed by atoms with Gasteiger partial charge in [0.05, 0.1) is 6.10 Å². The molecular formula is C9H19ClN2O2. The van der Waals surface area contributed by atoms with Crippen LogP contribution in [0.15, 0.2) is 0 Å². The quantitative estimate of drug-likeness (QED) is 0.741. The highest BCUT2D eigenvalue weighted by Crippen LogP contribution is 2.02. The summed E-state index contributed by atoms with van der Waals surface area (Å²) in [6.45, 7) is 5.66. The van der Waals surface area contributed by atoms with E-state index in [1.807, 2.05) is 13.8 Å². The number of carbonyl (C=O) groups is 1. The molecular weight excluding hydrogens is 204 g/mol. The van der Waals surface area contributed by atoms with Crippen LogP contribution in [0, 0.1) is 0 Å². The van der Waals surface area contributed by atoms with Gasteiger partial charge in [0.2, 0.25) is 0 Å². The first-order chi connectivity index (χ1) is 6.18. The Kier molecular flexibility index (Phi) is 6.66. The van der Waals surface area contributed by atoms with E-state index in [4.69, 9.17) is 4.74 Å². The van der Waals surface area contributed by atoms with Crippen molar-refractivity contribution in [3.05, 3.63) is 0 Å². The van der Waals surface area contributed by atoms with E-state index in [1.54, 1.807) is 0 Å². The van der Waals surface area contributed by atoms with E-state index in [0.29, 0.717) is 0 Å². The normalized spacial score (nSPS) is 17.4. The van der Waals surface area contributed by atoms with Crippen LogP contribution < -0.4 is 10.6 Å². The highest BCUT2D eigenvalue weighted by atomic mass is 35.5. The Labute approximate surface area is 91.2 Å². The Morgan fingerprint density at radius 3 is 2.50 bits per heavy atom. The van der Waals surface area contributed by atoms with Gasteiger partial charge in [-0.1, -0.05) is 0 Å². The summed E-state index contributed by atoms with van der Waals surface area (Å²) < 4.78 is 4.98. The van der Waals surface area contributed by atoms with Crippen LogP contribution in [-0.2, 0) is 4.74 Å². The molecule has 1 saturated heterocycles. The molecule has 1 amide bonds. The molecule has 0 atom stereocenters. The maximum atomic E-state index is 11.2. The van der Waals surface area contributed by atoms with Gasteiger partial charge in [0.15, 0.2) is 0 Å². The standard InChI is InChI=1S/C9H18N2O2.ClH/c1-7(2)13-9(12)11-8-3-5-10-6-4-8;/h7-8,10H,3-6H2,1-2H3,(H,11,12);1H. The fourth-order valence-electron chi connectivity index (χ4n) is 1.38. The Balaban J connectivity index is 0.00000169. The van der Waals surface area contributed by atoms with Crippen molar-refractivity contribution in [2.24, 2.45) is 0 Å². The maximum absolute atomic E-state index is 11.2. The number of halogens is 1. The first kappa shape index (κ1) is 13.5. The predicted octanol–water partition coefficient (Wildman–Crippen LogP) is 1.29. The monoisotopic (exact) mass is 222 g/mol. The zero-order chi connectivity index (χ0) is 9.68. The van der Waals surface area contributed by atoms with E-state index in [0.717, 1.165) is 25.9 Å². The fraction of sp³-hybridized carbons (Fsp3) is 0.889. The minimum absolute atomic E-state index is 0. The van der Waals surface area contributed by atoms with Crippen LogP contribution in [0.4, 0.5) is 4.79 Å². The van der Waals surface area contributed by atoms with E-state index in [1.165, 1.54) is 0 Å². The molecule has 0 unspecified atom stereocenters. The average molecular weight is 223 g/mol. The summed E-state index contributed by atoms with van der Waals surface area (Å²) in [6.07, 6.45) is 1.66. The molecule has 14 heavy (non-hydrogen) atoms. The zero-order valence-corrected chi connectivity index (χ0v) is 9.52. The molecule has 5 heteroatoms. The predicted molar refractivity (Wildman–Crippen MR) is 57.9 cm³/mol. The second-order valence-corrected chi connectivity index (χ2v) is 3.62. The molecule has 1 fully saturated rings. The fourth-order valence-corrected chi connectivity index (χ4v) is 1.38. The molecule has 1 aliphatic rings. The van der Waals surface area contributed by atoms with E-state index in [9.17, 15) is 4.79 Å². The number of hydrogen-bond acceptors (Lipinski definition) is 3. The largest absolute Gasteiger partial charge is 0.447 e. The molecule has 0 aromatic rings. The van der Waals surface area contributed by atoms with Crippen molar-refractivity contribution in [3.8, 4) is 0 Å². The molecule has 0 spiro atoms. The van der Waals surface area contributed by atoms with Gasteiger partial charge in [-0.25, -0.2) is 4.79 Å². The molecule has 2 N–H and O–H groups in total. The van der Waals surface area contributed by atoms with Gasteiger partial charge in [0.1, 0.15) is 0 Å². The number of ether oxygens (including phenoxy) is 1.